The lowest BCUT2D eigenvalue weighted by Gasteiger charge is -1.92. The van der Waals surface area contributed by atoms with Crippen LogP contribution < -0.4 is 0 Å². The molecular formula is C12H8ClN3. The van der Waals surface area contributed by atoms with Gasteiger partial charge in [0.05, 0.1) is 11.0 Å². The first kappa shape index (κ1) is 9.36. The first-order valence-electron chi connectivity index (χ1n) is 4.88. The Morgan fingerprint density at radius 2 is 2.12 bits per heavy atom. The topological polar surface area (TPSA) is 41.6 Å². The molecule has 78 valence electrons. The van der Waals surface area contributed by atoms with E-state index in [9.17, 15) is 0 Å². The summed E-state index contributed by atoms with van der Waals surface area (Å²) in [6.07, 6.45) is 3.52. The maximum Gasteiger partial charge on any atom is 0.140 e. The van der Waals surface area contributed by atoms with Gasteiger partial charge in [0.15, 0.2) is 0 Å². The molecule has 0 atom stereocenters. The predicted molar refractivity (Wildman–Crippen MR) is 64.3 cm³/mol. The number of fused-ring (bicyclic) bond motifs is 1. The Morgan fingerprint density at radius 1 is 1.19 bits per heavy atom. The Morgan fingerprint density at radius 3 is 2.94 bits per heavy atom. The molecule has 1 aromatic carbocycles. The fourth-order valence-corrected chi connectivity index (χ4v) is 1.79. The van der Waals surface area contributed by atoms with Crippen molar-refractivity contribution in [3.05, 3.63) is 47.7 Å². The molecule has 2 heterocycles. The highest BCUT2D eigenvalue weighted by molar-refractivity contribution is 6.31. The summed E-state index contributed by atoms with van der Waals surface area (Å²) in [5.74, 6) is 0.811. The number of imidazole rings is 1. The number of rotatable bonds is 1. The molecule has 0 saturated carbocycles. The molecular weight excluding hydrogens is 222 g/mol. The highest BCUT2D eigenvalue weighted by Crippen LogP contribution is 2.21. The minimum atomic E-state index is 0.703. The number of pyridine rings is 1. The number of aromatic amines is 1. The largest absolute Gasteiger partial charge is 0.338 e. The molecule has 0 fully saturated rings. The molecule has 0 amide bonds. The van der Waals surface area contributed by atoms with Crippen molar-refractivity contribution in [2.24, 2.45) is 0 Å². The molecule has 0 saturated heterocycles. The van der Waals surface area contributed by atoms with E-state index < -0.39 is 0 Å². The van der Waals surface area contributed by atoms with Gasteiger partial charge in [-0.3, -0.25) is 4.98 Å². The van der Waals surface area contributed by atoms with Crippen LogP contribution in [0.4, 0.5) is 0 Å². The number of aromatic nitrogens is 3. The second-order valence-corrected chi connectivity index (χ2v) is 3.93. The number of halogens is 1. The minimum Gasteiger partial charge on any atom is -0.338 e. The van der Waals surface area contributed by atoms with Crippen molar-refractivity contribution in [3.63, 3.8) is 0 Å². The Labute approximate surface area is 97.1 Å². The number of nitrogens with one attached hydrogen (secondary N) is 1. The molecule has 4 heteroatoms. The first-order valence-corrected chi connectivity index (χ1v) is 5.26. The third kappa shape index (κ3) is 1.55. The smallest absolute Gasteiger partial charge is 0.140 e. The van der Waals surface area contributed by atoms with Gasteiger partial charge >= 0.3 is 0 Å². The maximum atomic E-state index is 5.91. The van der Waals surface area contributed by atoms with Crippen LogP contribution in [0.25, 0.3) is 22.4 Å². The standard InChI is InChI=1S/C12H8ClN3/c13-9-3-4-10-11(6-9)16-12(15-10)8-2-1-5-14-7-8/h1-7H,(H,15,16). The summed E-state index contributed by atoms with van der Waals surface area (Å²) in [5, 5.41) is 0.703. The average molecular weight is 230 g/mol. The Hall–Kier alpha value is -1.87. The molecule has 16 heavy (non-hydrogen) atoms. The molecule has 0 aliphatic rings. The van der Waals surface area contributed by atoms with E-state index in [1.807, 2.05) is 30.3 Å². The Balaban J connectivity index is 2.19. The molecule has 3 rings (SSSR count). The van der Waals surface area contributed by atoms with Crippen molar-refractivity contribution in [2.45, 2.75) is 0 Å². The Bertz CT molecular complexity index is 631. The molecule has 1 N–H and O–H groups in total. The van der Waals surface area contributed by atoms with E-state index in [-0.39, 0.29) is 0 Å². The van der Waals surface area contributed by atoms with E-state index in [0.29, 0.717) is 5.02 Å². The van der Waals surface area contributed by atoms with Crippen LogP contribution in [0.2, 0.25) is 5.02 Å². The summed E-state index contributed by atoms with van der Waals surface area (Å²) in [7, 11) is 0. The lowest BCUT2D eigenvalue weighted by atomic mass is 10.3. The van der Waals surface area contributed by atoms with Gasteiger partial charge in [0.1, 0.15) is 5.82 Å². The lowest BCUT2D eigenvalue weighted by Crippen LogP contribution is -1.80. The van der Waals surface area contributed by atoms with Crippen LogP contribution in [-0.4, -0.2) is 15.0 Å². The van der Waals surface area contributed by atoms with Crippen molar-refractivity contribution in [1.82, 2.24) is 15.0 Å². The number of hydrogen-bond donors (Lipinski definition) is 1. The van der Waals surface area contributed by atoms with Crippen LogP contribution in [-0.2, 0) is 0 Å². The van der Waals surface area contributed by atoms with Gasteiger partial charge in [-0.1, -0.05) is 11.6 Å². The number of benzene rings is 1. The second-order valence-electron chi connectivity index (χ2n) is 3.49. The summed E-state index contributed by atoms with van der Waals surface area (Å²) >= 11 is 5.91. The SMILES string of the molecule is Clc1ccc2nc(-c3cccnc3)[nH]c2c1. The number of hydrogen-bond acceptors (Lipinski definition) is 2. The van der Waals surface area contributed by atoms with Crippen LogP contribution in [0, 0.1) is 0 Å². The zero-order valence-corrected chi connectivity index (χ0v) is 9.07. The number of nitrogens with zero attached hydrogens (tertiary/aromatic N) is 2. The van der Waals surface area contributed by atoms with Gasteiger partial charge in [-0.15, -0.1) is 0 Å². The van der Waals surface area contributed by atoms with Gasteiger partial charge in [-0.05, 0) is 30.3 Å². The summed E-state index contributed by atoms with van der Waals surface area (Å²) < 4.78 is 0. The van der Waals surface area contributed by atoms with Crippen LogP contribution in [0.15, 0.2) is 42.7 Å². The highest BCUT2D eigenvalue weighted by Gasteiger charge is 2.04. The van der Waals surface area contributed by atoms with Gasteiger partial charge in [0.2, 0.25) is 0 Å². The first-order chi connectivity index (χ1) is 7.83. The third-order valence-electron chi connectivity index (χ3n) is 2.38. The van der Waals surface area contributed by atoms with Crippen molar-refractivity contribution in [1.29, 1.82) is 0 Å². The van der Waals surface area contributed by atoms with Crippen LogP contribution in [0.5, 0.6) is 0 Å². The number of H-pyrrole nitrogens is 1. The molecule has 0 radical (unpaired) electrons. The van der Waals surface area contributed by atoms with Gasteiger partial charge < -0.3 is 4.98 Å². The van der Waals surface area contributed by atoms with Crippen LogP contribution in [0.1, 0.15) is 0 Å². The van der Waals surface area contributed by atoms with Gasteiger partial charge in [0, 0.05) is 23.0 Å². The third-order valence-corrected chi connectivity index (χ3v) is 2.61. The summed E-state index contributed by atoms with van der Waals surface area (Å²) in [6.45, 7) is 0. The quantitative estimate of drug-likeness (QED) is 0.696. The van der Waals surface area contributed by atoms with E-state index in [1.165, 1.54) is 0 Å². The predicted octanol–water partition coefficient (Wildman–Crippen LogP) is 3.28. The second kappa shape index (κ2) is 3.61. The van der Waals surface area contributed by atoms with Gasteiger partial charge in [-0.2, -0.15) is 0 Å². The highest BCUT2D eigenvalue weighted by atomic mass is 35.5. The van der Waals surface area contributed by atoms with Crippen LogP contribution in [0.3, 0.4) is 0 Å². The van der Waals surface area contributed by atoms with E-state index >= 15 is 0 Å². The molecule has 0 aliphatic carbocycles. The van der Waals surface area contributed by atoms with E-state index in [2.05, 4.69) is 15.0 Å². The van der Waals surface area contributed by atoms with E-state index in [1.54, 1.807) is 12.4 Å². The van der Waals surface area contributed by atoms with Crippen molar-refractivity contribution in [3.8, 4) is 11.4 Å². The monoisotopic (exact) mass is 229 g/mol. The molecule has 3 nitrogen and oxygen atoms in total. The van der Waals surface area contributed by atoms with E-state index in [4.69, 9.17) is 11.6 Å². The van der Waals surface area contributed by atoms with Crippen molar-refractivity contribution < 1.29 is 0 Å². The maximum absolute atomic E-state index is 5.91. The van der Waals surface area contributed by atoms with Crippen LogP contribution >= 0.6 is 11.6 Å². The Kier molecular flexibility index (Phi) is 2.11. The molecule has 2 aromatic heterocycles. The average Bonchev–Trinajstić information content (AvgIpc) is 2.73. The van der Waals surface area contributed by atoms with Crippen molar-refractivity contribution in [2.75, 3.05) is 0 Å². The normalized spacial score (nSPS) is 10.8. The zero-order chi connectivity index (χ0) is 11.0. The molecule has 3 aromatic rings. The fraction of sp³-hybridized carbons (Fsp3) is 0. The molecule has 0 unspecified atom stereocenters. The van der Waals surface area contributed by atoms with Gasteiger partial charge in [0.25, 0.3) is 0 Å². The summed E-state index contributed by atoms with van der Waals surface area (Å²) in [4.78, 5) is 11.7. The summed E-state index contributed by atoms with van der Waals surface area (Å²) in [6, 6.07) is 9.44. The minimum absolute atomic E-state index is 0.703. The fourth-order valence-electron chi connectivity index (χ4n) is 1.62. The summed E-state index contributed by atoms with van der Waals surface area (Å²) in [5.41, 5.74) is 2.81. The zero-order valence-electron chi connectivity index (χ0n) is 8.31. The van der Waals surface area contributed by atoms with Gasteiger partial charge in [-0.25, -0.2) is 4.98 Å². The van der Waals surface area contributed by atoms with Crippen molar-refractivity contribution >= 4 is 22.6 Å². The van der Waals surface area contributed by atoms with E-state index in [0.717, 1.165) is 22.4 Å². The molecule has 0 spiro atoms. The lowest BCUT2D eigenvalue weighted by molar-refractivity contribution is 1.27. The molecule has 0 bridgehead atoms. The molecule has 0 aliphatic heterocycles.